The maximum Gasteiger partial charge on any atom is 0.129 e. The number of nitrogens with one attached hydrogen (secondary N) is 1. The van der Waals surface area contributed by atoms with Crippen molar-refractivity contribution in [2.75, 3.05) is 26.2 Å². The van der Waals surface area contributed by atoms with Gasteiger partial charge in [0.25, 0.3) is 0 Å². The second kappa shape index (κ2) is 4.29. The molecule has 0 aromatic heterocycles. The number of rotatable bonds is 0. The number of nitrogens with zero attached hydrogens (tertiary/aromatic N) is 2. The molecule has 0 spiro atoms. The minimum atomic E-state index is 0.126. The fraction of sp³-hybridized carbons (Fsp3) is 0.800. The molecule has 0 radical (unpaired) electrons. The summed E-state index contributed by atoms with van der Waals surface area (Å²) in [4.78, 5) is 7.21. The molecule has 2 heterocycles. The fourth-order valence-electron chi connectivity index (χ4n) is 2.80. The van der Waals surface area contributed by atoms with Crippen LogP contribution in [0.15, 0.2) is 16.3 Å². The third kappa shape index (κ3) is 2.40. The van der Waals surface area contributed by atoms with Crippen molar-refractivity contribution in [2.24, 2.45) is 15.8 Å². The van der Waals surface area contributed by atoms with Crippen molar-refractivity contribution in [2.45, 2.75) is 41.5 Å². The zero-order valence-corrected chi connectivity index (χ0v) is 12.7. The normalized spacial score (nSPS) is 21.4. The third-order valence-corrected chi connectivity index (χ3v) is 3.59. The van der Waals surface area contributed by atoms with E-state index >= 15 is 0 Å². The molecule has 0 aromatic carbocycles. The van der Waals surface area contributed by atoms with E-state index in [4.69, 9.17) is 4.99 Å². The van der Waals surface area contributed by atoms with E-state index in [9.17, 15) is 0 Å². The van der Waals surface area contributed by atoms with Crippen LogP contribution in [0.1, 0.15) is 41.5 Å². The van der Waals surface area contributed by atoms with E-state index in [1.54, 1.807) is 0 Å². The molecule has 3 heteroatoms. The Morgan fingerprint density at radius 3 is 2.22 bits per heavy atom. The summed E-state index contributed by atoms with van der Waals surface area (Å²) in [5, 5.41) is 3.66. The molecule has 0 aliphatic carbocycles. The van der Waals surface area contributed by atoms with E-state index < -0.39 is 0 Å². The SMILES string of the molecule is CC(C)(C)C1=C(C(C)(C)C)C2=NCCN2CCN1. The molecule has 1 N–H and O–H groups in total. The quantitative estimate of drug-likeness (QED) is 0.715. The zero-order chi connectivity index (χ0) is 13.6. The van der Waals surface area contributed by atoms with Gasteiger partial charge < -0.3 is 10.2 Å². The van der Waals surface area contributed by atoms with E-state index in [-0.39, 0.29) is 10.8 Å². The molecule has 18 heavy (non-hydrogen) atoms. The van der Waals surface area contributed by atoms with Gasteiger partial charge in [-0.05, 0) is 5.41 Å². The van der Waals surface area contributed by atoms with Crippen LogP contribution in [0.5, 0.6) is 0 Å². The molecule has 0 atom stereocenters. The largest absolute Gasteiger partial charge is 0.386 e. The molecule has 0 saturated carbocycles. The van der Waals surface area contributed by atoms with Crippen molar-refractivity contribution in [3.05, 3.63) is 11.3 Å². The number of fused-ring (bicyclic) bond motifs is 1. The highest BCUT2D eigenvalue weighted by molar-refractivity contribution is 6.01. The Balaban J connectivity index is 2.58. The minimum Gasteiger partial charge on any atom is -0.386 e. The van der Waals surface area contributed by atoms with Crippen LogP contribution in [-0.2, 0) is 0 Å². The van der Waals surface area contributed by atoms with Crippen LogP contribution in [0, 0.1) is 10.8 Å². The van der Waals surface area contributed by atoms with Crippen LogP contribution < -0.4 is 5.32 Å². The first-order chi connectivity index (χ1) is 8.21. The lowest BCUT2D eigenvalue weighted by Crippen LogP contribution is -2.34. The van der Waals surface area contributed by atoms with Crippen molar-refractivity contribution >= 4 is 5.84 Å². The average molecular weight is 249 g/mol. The first-order valence-corrected chi connectivity index (χ1v) is 7.00. The van der Waals surface area contributed by atoms with Crippen LogP contribution in [0.3, 0.4) is 0 Å². The monoisotopic (exact) mass is 249 g/mol. The highest BCUT2D eigenvalue weighted by Crippen LogP contribution is 2.38. The van der Waals surface area contributed by atoms with Gasteiger partial charge in [0.15, 0.2) is 0 Å². The lowest BCUT2D eigenvalue weighted by molar-refractivity contribution is 0.426. The summed E-state index contributed by atoms with van der Waals surface area (Å²) in [5.41, 5.74) is 3.05. The summed E-state index contributed by atoms with van der Waals surface area (Å²) >= 11 is 0. The van der Waals surface area contributed by atoms with Crippen molar-refractivity contribution in [3.63, 3.8) is 0 Å². The van der Waals surface area contributed by atoms with Crippen LogP contribution >= 0.6 is 0 Å². The summed E-state index contributed by atoms with van der Waals surface area (Å²) in [6, 6.07) is 0. The van der Waals surface area contributed by atoms with Gasteiger partial charge in [0, 0.05) is 36.3 Å². The summed E-state index contributed by atoms with van der Waals surface area (Å²) in [6.07, 6.45) is 0. The minimum absolute atomic E-state index is 0.126. The molecule has 0 bridgehead atoms. The van der Waals surface area contributed by atoms with Crippen LogP contribution in [0.2, 0.25) is 0 Å². The summed E-state index contributed by atoms with van der Waals surface area (Å²) in [6.45, 7) is 17.8. The fourth-order valence-corrected chi connectivity index (χ4v) is 2.80. The Hall–Kier alpha value is -0.990. The third-order valence-electron chi connectivity index (χ3n) is 3.59. The van der Waals surface area contributed by atoms with Gasteiger partial charge in [-0.2, -0.15) is 0 Å². The molecule has 2 aliphatic rings. The van der Waals surface area contributed by atoms with E-state index in [1.807, 2.05) is 0 Å². The number of aliphatic imine (C=N–C) groups is 1. The van der Waals surface area contributed by atoms with Crippen LogP contribution in [-0.4, -0.2) is 36.9 Å². The summed E-state index contributed by atoms with van der Waals surface area (Å²) in [5.74, 6) is 1.23. The molecule has 2 rings (SSSR count). The predicted octanol–water partition coefficient (Wildman–Crippen LogP) is 2.65. The van der Waals surface area contributed by atoms with Gasteiger partial charge in [0.1, 0.15) is 5.84 Å². The summed E-state index contributed by atoms with van der Waals surface area (Å²) in [7, 11) is 0. The van der Waals surface area contributed by atoms with Gasteiger partial charge in [0.2, 0.25) is 0 Å². The van der Waals surface area contributed by atoms with Crippen molar-refractivity contribution in [1.29, 1.82) is 0 Å². The molecule has 0 aromatic rings. The first-order valence-electron chi connectivity index (χ1n) is 7.00. The van der Waals surface area contributed by atoms with Gasteiger partial charge in [-0.3, -0.25) is 4.99 Å². The standard InChI is InChI=1S/C15H27N3/c1-14(2,3)11-12(15(4,5)6)16-7-9-18-10-8-17-13(11)18/h16H,7-10H2,1-6H3. The van der Waals surface area contributed by atoms with Gasteiger partial charge in [-0.1, -0.05) is 41.5 Å². The highest BCUT2D eigenvalue weighted by atomic mass is 15.3. The number of hydrogen-bond acceptors (Lipinski definition) is 3. The van der Waals surface area contributed by atoms with Crippen molar-refractivity contribution < 1.29 is 0 Å². The predicted molar refractivity (Wildman–Crippen MR) is 77.8 cm³/mol. The van der Waals surface area contributed by atoms with Gasteiger partial charge >= 0.3 is 0 Å². The maximum absolute atomic E-state index is 4.77. The van der Waals surface area contributed by atoms with E-state index in [1.165, 1.54) is 17.1 Å². The van der Waals surface area contributed by atoms with E-state index in [2.05, 4.69) is 51.8 Å². The summed E-state index contributed by atoms with van der Waals surface area (Å²) < 4.78 is 0. The van der Waals surface area contributed by atoms with Gasteiger partial charge in [0.05, 0.1) is 6.54 Å². The smallest absolute Gasteiger partial charge is 0.129 e. The van der Waals surface area contributed by atoms with Gasteiger partial charge in [-0.25, -0.2) is 0 Å². The second-order valence-electron chi connectivity index (χ2n) is 7.37. The lowest BCUT2D eigenvalue weighted by Gasteiger charge is -2.33. The van der Waals surface area contributed by atoms with E-state index in [0.29, 0.717) is 0 Å². The number of amidine groups is 1. The molecular formula is C15H27N3. The van der Waals surface area contributed by atoms with Crippen molar-refractivity contribution in [3.8, 4) is 0 Å². The van der Waals surface area contributed by atoms with Crippen molar-refractivity contribution in [1.82, 2.24) is 10.2 Å². The molecule has 0 amide bonds. The molecule has 0 saturated heterocycles. The first kappa shape index (κ1) is 13.4. The topological polar surface area (TPSA) is 27.6 Å². The van der Waals surface area contributed by atoms with Crippen LogP contribution in [0.25, 0.3) is 0 Å². The highest BCUT2D eigenvalue weighted by Gasteiger charge is 2.36. The molecule has 0 unspecified atom stereocenters. The molecular weight excluding hydrogens is 222 g/mol. The van der Waals surface area contributed by atoms with E-state index in [0.717, 1.165) is 26.2 Å². The Morgan fingerprint density at radius 2 is 1.67 bits per heavy atom. The molecule has 102 valence electrons. The molecule has 0 fully saturated rings. The Bertz CT molecular complexity index is 391. The maximum atomic E-state index is 4.77. The van der Waals surface area contributed by atoms with Crippen LogP contribution in [0.4, 0.5) is 0 Å². The molecule has 2 aliphatic heterocycles. The number of hydrogen-bond donors (Lipinski definition) is 1. The second-order valence-corrected chi connectivity index (χ2v) is 7.37. The average Bonchev–Trinajstić information content (AvgIpc) is 2.53. The number of allylic oxidation sites excluding steroid dienone is 1. The van der Waals surface area contributed by atoms with Gasteiger partial charge in [-0.15, -0.1) is 0 Å². The Kier molecular flexibility index (Phi) is 3.20. The molecule has 3 nitrogen and oxygen atoms in total. The zero-order valence-electron chi connectivity index (χ0n) is 12.7. The Morgan fingerprint density at radius 1 is 1.00 bits per heavy atom. The lowest BCUT2D eigenvalue weighted by atomic mass is 9.77. The Labute approximate surface area is 111 Å².